The lowest BCUT2D eigenvalue weighted by Gasteiger charge is -2.31. The van der Waals surface area contributed by atoms with Crippen molar-refractivity contribution >= 4 is 41.7 Å². The molecule has 0 amide bonds. The molecule has 1 atom stereocenters. The van der Waals surface area contributed by atoms with Gasteiger partial charge in [-0.1, -0.05) is 0 Å². The van der Waals surface area contributed by atoms with Crippen molar-refractivity contribution in [3.8, 4) is 0 Å². The van der Waals surface area contributed by atoms with Crippen molar-refractivity contribution in [1.82, 2.24) is 15.5 Å². The average molecular weight is 428 g/mol. The SMILES string of the molecule is CCNC(=NCC(C)(C)N(C)C)NCC1(C)CCCS1.I. The minimum Gasteiger partial charge on any atom is -0.357 e. The van der Waals surface area contributed by atoms with Gasteiger partial charge >= 0.3 is 0 Å². The summed E-state index contributed by atoms with van der Waals surface area (Å²) in [6, 6.07) is 0. The van der Waals surface area contributed by atoms with Crippen molar-refractivity contribution in [1.29, 1.82) is 0 Å². The fraction of sp³-hybridized carbons (Fsp3) is 0.933. The molecule has 0 aromatic carbocycles. The number of aliphatic imine (C=N–C) groups is 1. The van der Waals surface area contributed by atoms with E-state index >= 15 is 0 Å². The molecule has 1 aliphatic rings. The lowest BCUT2D eigenvalue weighted by Crippen LogP contribution is -2.46. The van der Waals surface area contributed by atoms with Crippen LogP contribution in [-0.2, 0) is 0 Å². The highest BCUT2D eigenvalue weighted by atomic mass is 127. The van der Waals surface area contributed by atoms with Gasteiger partial charge in [-0.05, 0) is 60.4 Å². The molecule has 0 aromatic rings. The van der Waals surface area contributed by atoms with Gasteiger partial charge in [-0.3, -0.25) is 4.99 Å². The van der Waals surface area contributed by atoms with Crippen LogP contribution in [0.4, 0.5) is 0 Å². The lowest BCUT2D eigenvalue weighted by molar-refractivity contribution is 0.204. The maximum atomic E-state index is 4.74. The molecule has 1 heterocycles. The van der Waals surface area contributed by atoms with Crippen LogP contribution in [0.3, 0.4) is 0 Å². The second-order valence-electron chi connectivity index (χ2n) is 6.66. The Morgan fingerprint density at radius 2 is 2.00 bits per heavy atom. The van der Waals surface area contributed by atoms with Crippen LogP contribution in [0.1, 0.15) is 40.5 Å². The average Bonchev–Trinajstić information content (AvgIpc) is 2.80. The molecule has 0 aromatic heterocycles. The standard InChI is InChI=1S/C15H32N4S.HI/c1-7-16-13(17-11-14(2,3)19(5)6)18-12-15(4)9-8-10-20-15;/h7-12H2,1-6H3,(H2,16,17,18);1H. The predicted molar refractivity (Wildman–Crippen MR) is 107 cm³/mol. The van der Waals surface area contributed by atoms with Crippen molar-refractivity contribution in [2.45, 2.75) is 50.8 Å². The van der Waals surface area contributed by atoms with Crippen LogP contribution in [-0.4, -0.2) is 60.6 Å². The third kappa shape index (κ3) is 7.41. The van der Waals surface area contributed by atoms with Gasteiger partial charge in [-0.2, -0.15) is 11.8 Å². The van der Waals surface area contributed by atoms with Crippen molar-refractivity contribution in [2.75, 3.05) is 39.5 Å². The molecular weight excluding hydrogens is 395 g/mol. The van der Waals surface area contributed by atoms with Gasteiger partial charge < -0.3 is 15.5 Å². The minimum absolute atomic E-state index is 0. The van der Waals surface area contributed by atoms with Crippen LogP contribution in [0.5, 0.6) is 0 Å². The molecule has 1 aliphatic heterocycles. The highest BCUT2D eigenvalue weighted by molar-refractivity contribution is 14.0. The lowest BCUT2D eigenvalue weighted by atomic mass is 10.1. The van der Waals surface area contributed by atoms with E-state index in [2.05, 4.69) is 69.1 Å². The molecular formula is C15H33IN4S. The third-order valence-electron chi connectivity index (χ3n) is 4.11. The summed E-state index contributed by atoms with van der Waals surface area (Å²) in [4.78, 5) is 6.96. The number of nitrogens with zero attached hydrogens (tertiary/aromatic N) is 2. The number of halogens is 1. The fourth-order valence-corrected chi connectivity index (χ4v) is 3.25. The van der Waals surface area contributed by atoms with Crippen LogP contribution >= 0.6 is 35.7 Å². The van der Waals surface area contributed by atoms with Crippen molar-refractivity contribution in [2.24, 2.45) is 4.99 Å². The van der Waals surface area contributed by atoms with Crippen LogP contribution in [0, 0.1) is 0 Å². The van der Waals surface area contributed by atoms with Crippen LogP contribution < -0.4 is 10.6 Å². The first kappa shape index (κ1) is 21.3. The zero-order valence-electron chi connectivity index (χ0n) is 14.5. The number of hydrogen-bond donors (Lipinski definition) is 2. The van der Waals surface area contributed by atoms with E-state index in [-0.39, 0.29) is 29.5 Å². The quantitative estimate of drug-likeness (QED) is 0.388. The van der Waals surface area contributed by atoms with Gasteiger partial charge in [0.25, 0.3) is 0 Å². The summed E-state index contributed by atoms with van der Waals surface area (Å²) in [6.07, 6.45) is 2.64. The molecule has 1 fully saturated rings. The van der Waals surface area contributed by atoms with Gasteiger partial charge in [0.15, 0.2) is 5.96 Å². The second-order valence-corrected chi connectivity index (χ2v) is 8.34. The molecule has 126 valence electrons. The van der Waals surface area contributed by atoms with Crippen LogP contribution in [0.15, 0.2) is 4.99 Å². The molecule has 1 rings (SSSR count). The topological polar surface area (TPSA) is 39.7 Å². The fourth-order valence-electron chi connectivity index (χ4n) is 2.00. The first-order chi connectivity index (χ1) is 9.29. The summed E-state index contributed by atoms with van der Waals surface area (Å²) >= 11 is 2.08. The van der Waals surface area contributed by atoms with Gasteiger partial charge in [-0.15, -0.1) is 24.0 Å². The Bertz CT molecular complexity index is 326. The summed E-state index contributed by atoms with van der Waals surface area (Å²) in [5, 5.41) is 6.86. The van der Waals surface area contributed by atoms with E-state index in [4.69, 9.17) is 4.99 Å². The zero-order valence-corrected chi connectivity index (χ0v) is 17.6. The molecule has 0 saturated carbocycles. The summed E-state index contributed by atoms with van der Waals surface area (Å²) in [7, 11) is 4.21. The van der Waals surface area contributed by atoms with Crippen molar-refractivity contribution < 1.29 is 0 Å². The van der Waals surface area contributed by atoms with E-state index in [0.29, 0.717) is 4.75 Å². The number of guanidine groups is 1. The summed E-state index contributed by atoms with van der Waals surface area (Å²) in [6.45, 7) is 11.6. The number of hydrogen-bond acceptors (Lipinski definition) is 3. The molecule has 0 aliphatic carbocycles. The van der Waals surface area contributed by atoms with Gasteiger partial charge in [0.05, 0.1) is 6.54 Å². The zero-order chi connectivity index (χ0) is 15.2. The van der Waals surface area contributed by atoms with Gasteiger partial charge in [-0.25, -0.2) is 0 Å². The van der Waals surface area contributed by atoms with E-state index in [1.165, 1.54) is 18.6 Å². The molecule has 1 saturated heterocycles. The summed E-state index contributed by atoms with van der Waals surface area (Å²) < 4.78 is 0.368. The predicted octanol–water partition coefficient (Wildman–Crippen LogP) is 2.79. The molecule has 21 heavy (non-hydrogen) atoms. The second kappa shape index (κ2) is 9.45. The molecule has 0 radical (unpaired) electrons. The monoisotopic (exact) mass is 428 g/mol. The minimum atomic E-state index is 0. The highest BCUT2D eigenvalue weighted by Gasteiger charge is 2.29. The Morgan fingerprint density at radius 3 is 2.48 bits per heavy atom. The highest BCUT2D eigenvalue weighted by Crippen LogP contribution is 2.36. The van der Waals surface area contributed by atoms with Crippen molar-refractivity contribution in [3.63, 3.8) is 0 Å². The normalized spacial score (nSPS) is 23.1. The molecule has 2 N–H and O–H groups in total. The number of nitrogens with one attached hydrogen (secondary N) is 2. The van der Waals surface area contributed by atoms with Crippen molar-refractivity contribution in [3.05, 3.63) is 0 Å². The molecule has 4 nitrogen and oxygen atoms in total. The van der Waals surface area contributed by atoms with Gasteiger partial charge in [0.2, 0.25) is 0 Å². The maximum Gasteiger partial charge on any atom is 0.191 e. The van der Waals surface area contributed by atoms with E-state index in [0.717, 1.165) is 25.6 Å². The Kier molecular flexibility index (Phi) is 9.59. The summed E-state index contributed by atoms with van der Waals surface area (Å²) in [5.74, 6) is 2.23. The Balaban J connectivity index is 0.00000400. The largest absolute Gasteiger partial charge is 0.357 e. The van der Waals surface area contributed by atoms with E-state index < -0.39 is 0 Å². The maximum absolute atomic E-state index is 4.74. The van der Waals surface area contributed by atoms with Gasteiger partial charge in [0.1, 0.15) is 0 Å². The molecule has 1 unspecified atom stereocenters. The van der Waals surface area contributed by atoms with E-state index in [9.17, 15) is 0 Å². The first-order valence-corrected chi connectivity index (χ1v) is 8.61. The molecule has 0 bridgehead atoms. The first-order valence-electron chi connectivity index (χ1n) is 7.63. The van der Waals surface area contributed by atoms with Crippen LogP contribution in [0.2, 0.25) is 0 Å². The third-order valence-corrected chi connectivity index (χ3v) is 5.65. The Labute approximate surface area is 152 Å². The summed E-state index contributed by atoms with van der Waals surface area (Å²) in [5.41, 5.74) is 0.0777. The van der Waals surface area contributed by atoms with E-state index in [1.54, 1.807) is 0 Å². The molecule has 6 heteroatoms. The number of thioether (sulfide) groups is 1. The van der Waals surface area contributed by atoms with E-state index in [1.807, 2.05) is 0 Å². The Morgan fingerprint density at radius 1 is 1.33 bits per heavy atom. The molecule has 0 spiro atoms. The smallest absolute Gasteiger partial charge is 0.191 e. The number of likely N-dealkylation sites (N-methyl/N-ethyl adjacent to an activating group) is 1. The van der Waals surface area contributed by atoms with Crippen LogP contribution in [0.25, 0.3) is 0 Å². The van der Waals surface area contributed by atoms with Gasteiger partial charge in [0, 0.05) is 23.4 Å². The Hall–Kier alpha value is 0.310. The number of rotatable bonds is 6.